The van der Waals surface area contributed by atoms with Gasteiger partial charge in [-0.1, -0.05) is 19.3 Å². The number of ether oxygens (including phenoxy) is 1. The zero-order valence-electron chi connectivity index (χ0n) is 12.1. The van der Waals surface area contributed by atoms with E-state index >= 15 is 0 Å². The first kappa shape index (κ1) is 15.4. The third-order valence-corrected chi connectivity index (χ3v) is 3.85. The molecule has 0 saturated heterocycles. The van der Waals surface area contributed by atoms with Gasteiger partial charge in [-0.05, 0) is 33.2 Å². The molecular weight excluding hydrogens is 228 g/mol. The molecule has 1 amide bonds. The number of carbonyl (C=O) groups excluding carboxylic acids is 1. The van der Waals surface area contributed by atoms with Gasteiger partial charge in [0.05, 0.1) is 6.04 Å². The van der Waals surface area contributed by atoms with E-state index in [1.807, 2.05) is 14.0 Å². The average Bonchev–Trinajstić information content (AvgIpc) is 2.39. The maximum atomic E-state index is 12.1. The Kier molecular flexibility index (Phi) is 7.28. The van der Waals surface area contributed by atoms with Gasteiger partial charge in [-0.3, -0.25) is 9.69 Å². The molecule has 4 nitrogen and oxygen atoms in total. The summed E-state index contributed by atoms with van der Waals surface area (Å²) in [5.74, 6) is 0.168. The minimum absolute atomic E-state index is 0.0521. The molecule has 1 rings (SSSR count). The maximum Gasteiger partial charge on any atom is 0.237 e. The molecule has 1 aliphatic rings. The van der Waals surface area contributed by atoms with Crippen LogP contribution in [0.5, 0.6) is 0 Å². The van der Waals surface area contributed by atoms with Crippen LogP contribution in [0.3, 0.4) is 0 Å². The Morgan fingerprint density at radius 1 is 1.39 bits per heavy atom. The van der Waals surface area contributed by atoms with E-state index in [4.69, 9.17) is 4.74 Å². The van der Waals surface area contributed by atoms with E-state index in [2.05, 4.69) is 10.2 Å². The molecule has 106 valence electrons. The van der Waals surface area contributed by atoms with Crippen LogP contribution in [-0.2, 0) is 9.53 Å². The van der Waals surface area contributed by atoms with E-state index in [-0.39, 0.29) is 11.9 Å². The van der Waals surface area contributed by atoms with Crippen molar-refractivity contribution in [1.29, 1.82) is 0 Å². The van der Waals surface area contributed by atoms with Crippen LogP contribution in [0.25, 0.3) is 0 Å². The molecule has 0 aromatic carbocycles. The predicted molar refractivity (Wildman–Crippen MR) is 73.6 cm³/mol. The molecule has 1 atom stereocenters. The SMILES string of the molecule is COCCCN(C)C(C)C(=O)NC1CCCCC1. The minimum atomic E-state index is -0.0521. The summed E-state index contributed by atoms with van der Waals surface area (Å²) in [4.78, 5) is 14.2. The Morgan fingerprint density at radius 2 is 2.06 bits per heavy atom. The number of carbonyl (C=O) groups is 1. The second-order valence-electron chi connectivity index (χ2n) is 5.35. The Morgan fingerprint density at radius 3 is 2.67 bits per heavy atom. The summed E-state index contributed by atoms with van der Waals surface area (Å²) in [7, 11) is 3.71. The van der Waals surface area contributed by atoms with E-state index in [1.54, 1.807) is 7.11 Å². The van der Waals surface area contributed by atoms with Gasteiger partial charge in [0.1, 0.15) is 0 Å². The van der Waals surface area contributed by atoms with Crippen LogP contribution in [0.1, 0.15) is 45.4 Å². The number of nitrogens with one attached hydrogen (secondary N) is 1. The van der Waals surface area contributed by atoms with Crippen molar-refractivity contribution >= 4 is 5.91 Å². The molecule has 0 spiro atoms. The van der Waals surface area contributed by atoms with E-state index in [1.165, 1.54) is 19.3 Å². The van der Waals surface area contributed by atoms with Gasteiger partial charge in [0.2, 0.25) is 5.91 Å². The zero-order chi connectivity index (χ0) is 13.4. The first-order chi connectivity index (χ1) is 8.65. The summed E-state index contributed by atoms with van der Waals surface area (Å²) in [5, 5.41) is 3.18. The number of amides is 1. The Bertz CT molecular complexity index is 240. The van der Waals surface area contributed by atoms with Crippen molar-refractivity contribution in [2.75, 3.05) is 27.3 Å². The number of rotatable bonds is 7. The number of likely N-dealkylation sites (N-methyl/N-ethyl adjacent to an activating group) is 1. The van der Waals surface area contributed by atoms with Crippen molar-refractivity contribution in [2.24, 2.45) is 0 Å². The molecule has 0 aromatic heterocycles. The number of hydrogen-bond donors (Lipinski definition) is 1. The first-order valence-electron chi connectivity index (χ1n) is 7.14. The van der Waals surface area contributed by atoms with Crippen molar-refractivity contribution < 1.29 is 9.53 Å². The maximum absolute atomic E-state index is 12.1. The highest BCUT2D eigenvalue weighted by Crippen LogP contribution is 2.17. The molecular formula is C14H28N2O2. The van der Waals surface area contributed by atoms with Crippen LogP contribution >= 0.6 is 0 Å². The molecule has 1 unspecified atom stereocenters. The molecule has 1 aliphatic carbocycles. The fourth-order valence-corrected chi connectivity index (χ4v) is 2.42. The normalized spacial score (nSPS) is 18.9. The summed E-state index contributed by atoms with van der Waals surface area (Å²) >= 11 is 0. The fourth-order valence-electron chi connectivity index (χ4n) is 2.42. The second-order valence-corrected chi connectivity index (χ2v) is 5.35. The van der Waals surface area contributed by atoms with E-state index in [0.29, 0.717) is 6.04 Å². The molecule has 1 N–H and O–H groups in total. The number of nitrogens with zero attached hydrogens (tertiary/aromatic N) is 1. The summed E-state index contributed by atoms with van der Waals surface area (Å²) in [5.41, 5.74) is 0. The third kappa shape index (κ3) is 5.36. The minimum Gasteiger partial charge on any atom is -0.385 e. The van der Waals surface area contributed by atoms with Crippen molar-refractivity contribution in [2.45, 2.75) is 57.5 Å². The lowest BCUT2D eigenvalue weighted by Crippen LogP contribution is -2.47. The molecule has 0 bridgehead atoms. The van der Waals surface area contributed by atoms with Crippen LogP contribution < -0.4 is 5.32 Å². The number of methoxy groups -OCH3 is 1. The lowest BCUT2D eigenvalue weighted by molar-refractivity contribution is -0.126. The average molecular weight is 256 g/mol. The zero-order valence-corrected chi connectivity index (χ0v) is 12.1. The Labute approximate surface area is 111 Å². The monoisotopic (exact) mass is 256 g/mol. The Balaban J connectivity index is 2.25. The lowest BCUT2D eigenvalue weighted by Gasteiger charge is -2.28. The van der Waals surface area contributed by atoms with Crippen molar-refractivity contribution in [3.05, 3.63) is 0 Å². The van der Waals surface area contributed by atoms with Gasteiger partial charge in [-0.2, -0.15) is 0 Å². The second kappa shape index (κ2) is 8.48. The molecule has 0 aromatic rings. The van der Waals surface area contributed by atoms with E-state index in [9.17, 15) is 4.79 Å². The van der Waals surface area contributed by atoms with Crippen LogP contribution in [0.4, 0.5) is 0 Å². The first-order valence-corrected chi connectivity index (χ1v) is 7.14. The molecule has 1 saturated carbocycles. The summed E-state index contributed by atoms with van der Waals surface area (Å²) in [6, 6.07) is 0.352. The van der Waals surface area contributed by atoms with Crippen LogP contribution in [0, 0.1) is 0 Å². The van der Waals surface area contributed by atoms with Gasteiger partial charge >= 0.3 is 0 Å². The van der Waals surface area contributed by atoms with E-state index < -0.39 is 0 Å². The van der Waals surface area contributed by atoms with E-state index in [0.717, 1.165) is 32.4 Å². The smallest absolute Gasteiger partial charge is 0.237 e. The Hall–Kier alpha value is -0.610. The standard InChI is InChI=1S/C14H28N2O2/c1-12(16(2)10-7-11-18-3)14(17)15-13-8-5-4-6-9-13/h12-13H,4-11H2,1-3H3,(H,15,17). The highest BCUT2D eigenvalue weighted by molar-refractivity contribution is 5.81. The quantitative estimate of drug-likeness (QED) is 0.706. The van der Waals surface area contributed by atoms with Crippen LogP contribution in [0.2, 0.25) is 0 Å². The fraction of sp³-hybridized carbons (Fsp3) is 0.929. The summed E-state index contributed by atoms with van der Waals surface area (Å²) < 4.78 is 5.03. The third-order valence-electron chi connectivity index (χ3n) is 3.85. The van der Waals surface area contributed by atoms with Crippen molar-refractivity contribution in [3.8, 4) is 0 Å². The predicted octanol–water partition coefficient (Wildman–Crippen LogP) is 1.79. The van der Waals surface area contributed by atoms with Gasteiger partial charge in [0.25, 0.3) is 0 Å². The van der Waals surface area contributed by atoms with Crippen LogP contribution in [-0.4, -0.2) is 50.2 Å². The highest BCUT2D eigenvalue weighted by atomic mass is 16.5. The molecule has 1 fully saturated rings. The molecule has 0 radical (unpaired) electrons. The van der Waals surface area contributed by atoms with Gasteiger partial charge in [-0.15, -0.1) is 0 Å². The summed E-state index contributed by atoms with van der Waals surface area (Å²) in [6.07, 6.45) is 7.08. The topological polar surface area (TPSA) is 41.6 Å². The highest BCUT2D eigenvalue weighted by Gasteiger charge is 2.21. The summed E-state index contributed by atoms with van der Waals surface area (Å²) in [6.45, 7) is 3.62. The van der Waals surface area contributed by atoms with Gasteiger partial charge in [0, 0.05) is 26.3 Å². The molecule has 4 heteroatoms. The van der Waals surface area contributed by atoms with Crippen LogP contribution in [0.15, 0.2) is 0 Å². The largest absolute Gasteiger partial charge is 0.385 e. The van der Waals surface area contributed by atoms with Gasteiger partial charge < -0.3 is 10.1 Å². The lowest BCUT2D eigenvalue weighted by atomic mass is 9.95. The van der Waals surface area contributed by atoms with Crippen molar-refractivity contribution in [1.82, 2.24) is 10.2 Å². The van der Waals surface area contributed by atoms with Gasteiger partial charge in [0.15, 0.2) is 0 Å². The molecule has 0 heterocycles. The number of hydrogen-bond acceptors (Lipinski definition) is 3. The molecule has 18 heavy (non-hydrogen) atoms. The van der Waals surface area contributed by atoms with Crippen molar-refractivity contribution in [3.63, 3.8) is 0 Å². The molecule has 0 aliphatic heterocycles. The van der Waals surface area contributed by atoms with Gasteiger partial charge in [-0.25, -0.2) is 0 Å².